The maximum atomic E-state index is 11.9. The molecule has 1 atom stereocenters. The average molecular weight is 288 g/mol. The predicted molar refractivity (Wildman–Crippen MR) is 69.6 cm³/mol. The van der Waals surface area contributed by atoms with Crippen molar-refractivity contribution >= 4 is 21.8 Å². The van der Waals surface area contributed by atoms with E-state index in [-0.39, 0.29) is 11.8 Å². The lowest BCUT2D eigenvalue weighted by Gasteiger charge is -2.27. The molecule has 2 fully saturated rings. The highest BCUT2D eigenvalue weighted by atomic mass is 79.9. The van der Waals surface area contributed by atoms with E-state index in [1.165, 1.54) is 38.5 Å². The van der Waals surface area contributed by atoms with Gasteiger partial charge < -0.3 is 5.32 Å². The molecule has 0 spiro atoms. The van der Waals surface area contributed by atoms with Crippen molar-refractivity contribution in [1.82, 2.24) is 5.32 Å². The second-order valence-electron chi connectivity index (χ2n) is 5.68. The molecule has 0 aliphatic heterocycles. The highest BCUT2D eigenvalue weighted by Gasteiger charge is 2.36. The Morgan fingerprint density at radius 1 is 1.44 bits per heavy atom. The predicted octanol–water partition coefficient (Wildman–Crippen LogP) is 3.10. The summed E-state index contributed by atoms with van der Waals surface area (Å²) >= 11 is 3.61. The minimum Gasteiger partial charge on any atom is -0.355 e. The van der Waals surface area contributed by atoms with Crippen molar-refractivity contribution in [2.75, 3.05) is 11.9 Å². The first kappa shape index (κ1) is 12.4. The standard InChI is InChI=1S/C13H22BrNO/c1-10(11-4-5-11)12(16)15-9-13(8-14)6-2-3-7-13/h10-11H,2-9H2,1H3,(H,15,16). The van der Waals surface area contributed by atoms with Gasteiger partial charge in [0.15, 0.2) is 0 Å². The molecule has 1 N–H and O–H groups in total. The Hall–Kier alpha value is -0.0500. The van der Waals surface area contributed by atoms with Crippen LogP contribution in [0.4, 0.5) is 0 Å². The second kappa shape index (κ2) is 5.07. The number of carbonyl (C=O) groups excluding carboxylic acids is 1. The molecule has 1 amide bonds. The minimum absolute atomic E-state index is 0.230. The third kappa shape index (κ3) is 2.79. The minimum atomic E-state index is 0.230. The van der Waals surface area contributed by atoms with Crippen LogP contribution in [0.25, 0.3) is 0 Å². The Bertz CT molecular complexity index is 257. The first-order chi connectivity index (χ1) is 7.67. The molecule has 0 heterocycles. The molecule has 0 aromatic rings. The molecular weight excluding hydrogens is 266 g/mol. The van der Waals surface area contributed by atoms with Crippen LogP contribution >= 0.6 is 15.9 Å². The normalized spacial score (nSPS) is 25.4. The lowest BCUT2D eigenvalue weighted by molar-refractivity contribution is -0.125. The summed E-state index contributed by atoms with van der Waals surface area (Å²) in [5.74, 6) is 1.17. The summed E-state index contributed by atoms with van der Waals surface area (Å²) in [6.07, 6.45) is 7.66. The molecule has 1 unspecified atom stereocenters. The van der Waals surface area contributed by atoms with Gasteiger partial charge in [0.25, 0.3) is 0 Å². The molecule has 2 aliphatic rings. The molecule has 2 rings (SSSR count). The molecule has 0 saturated heterocycles. The number of nitrogens with one attached hydrogen (secondary N) is 1. The van der Waals surface area contributed by atoms with Gasteiger partial charge in [-0.15, -0.1) is 0 Å². The van der Waals surface area contributed by atoms with E-state index in [4.69, 9.17) is 0 Å². The molecule has 0 radical (unpaired) electrons. The monoisotopic (exact) mass is 287 g/mol. The molecule has 2 aliphatic carbocycles. The Kier molecular flexibility index (Phi) is 3.93. The van der Waals surface area contributed by atoms with E-state index in [1.54, 1.807) is 0 Å². The van der Waals surface area contributed by atoms with E-state index in [2.05, 4.69) is 28.2 Å². The van der Waals surface area contributed by atoms with Crippen LogP contribution in [0.15, 0.2) is 0 Å². The van der Waals surface area contributed by atoms with Gasteiger partial charge in [-0.1, -0.05) is 35.7 Å². The number of hydrogen-bond donors (Lipinski definition) is 1. The van der Waals surface area contributed by atoms with Crippen molar-refractivity contribution in [3.63, 3.8) is 0 Å². The maximum absolute atomic E-state index is 11.9. The molecule has 2 nitrogen and oxygen atoms in total. The van der Waals surface area contributed by atoms with Gasteiger partial charge in [-0.3, -0.25) is 4.79 Å². The van der Waals surface area contributed by atoms with Gasteiger partial charge in [-0.25, -0.2) is 0 Å². The number of amides is 1. The van der Waals surface area contributed by atoms with E-state index in [9.17, 15) is 4.79 Å². The van der Waals surface area contributed by atoms with Crippen molar-refractivity contribution < 1.29 is 4.79 Å². The van der Waals surface area contributed by atoms with Crippen molar-refractivity contribution in [2.45, 2.75) is 45.4 Å². The molecular formula is C13H22BrNO. The zero-order chi connectivity index (χ0) is 11.6. The first-order valence-corrected chi connectivity index (χ1v) is 7.63. The Balaban J connectivity index is 1.78. The summed E-state index contributed by atoms with van der Waals surface area (Å²) in [5, 5.41) is 4.19. The zero-order valence-electron chi connectivity index (χ0n) is 10.1. The molecule has 0 bridgehead atoms. The molecule has 0 aromatic carbocycles. The summed E-state index contributed by atoms with van der Waals surface area (Å²) in [4.78, 5) is 11.9. The van der Waals surface area contributed by atoms with Crippen LogP contribution in [0.3, 0.4) is 0 Å². The van der Waals surface area contributed by atoms with Gasteiger partial charge in [0, 0.05) is 17.8 Å². The van der Waals surface area contributed by atoms with Gasteiger partial charge in [0.1, 0.15) is 0 Å². The second-order valence-corrected chi connectivity index (χ2v) is 6.25. The van der Waals surface area contributed by atoms with Crippen LogP contribution < -0.4 is 5.32 Å². The average Bonchev–Trinajstić information content (AvgIpc) is 3.05. The fourth-order valence-corrected chi connectivity index (χ4v) is 3.49. The van der Waals surface area contributed by atoms with Crippen LogP contribution in [0, 0.1) is 17.3 Å². The van der Waals surface area contributed by atoms with Gasteiger partial charge in [-0.2, -0.15) is 0 Å². The highest BCUT2D eigenvalue weighted by molar-refractivity contribution is 9.09. The van der Waals surface area contributed by atoms with Crippen LogP contribution in [0.2, 0.25) is 0 Å². The first-order valence-electron chi connectivity index (χ1n) is 6.51. The van der Waals surface area contributed by atoms with Gasteiger partial charge >= 0.3 is 0 Å². The number of rotatable bonds is 5. The van der Waals surface area contributed by atoms with E-state index in [0.29, 0.717) is 11.3 Å². The van der Waals surface area contributed by atoms with Gasteiger partial charge in [0.2, 0.25) is 5.91 Å². The number of alkyl halides is 1. The summed E-state index contributed by atoms with van der Waals surface area (Å²) < 4.78 is 0. The molecule has 2 saturated carbocycles. The van der Waals surface area contributed by atoms with E-state index < -0.39 is 0 Å². The molecule has 0 aromatic heterocycles. The summed E-state index contributed by atoms with van der Waals surface area (Å²) in [7, 11) is 0. The molecule has 3 heteroatoms. The van der Waals surface area contributed by atoms with Crippen LogP contribution in [-0.4, -0.2) is 17.8 Å². The Morgan fingerprint density at radius 3 is 2.56 bits per heavy atom. The maximum Gasteiger partial charge on any atom is 0.223 e. The number of halogens is 1. The fourth-order valence-electron chi connectivity index (χ4n) is 2.73. The quantitative estimate of drug-likeness (QED) is 0.774. The van der Waals surface area contributed by atoms with Crippen molar-refractivity contribution in [3.05, 3.63) is 0 Å². The number of hydrogen-bond acceptors (Lipinski definition) is 1. The third-order valence-electron chi connectivity index (χ3n) is 4.33. The lowest BCUT2D eigenvalue weighted by atomic mass is 9.88. The van der Waals surface area contributed by atoms with Crippen molar-refractivity contribution in [3.8, 4) is 0 Å². The lowest BCUT2D eigenvalue weighted by Crippen LogP contribution is -2.39. The van der Waals surface area contributed by atoms with Crippen LogP contribution in [-0.2, 0) is 4.79 Å². The summed E-state index contributed by atoms with van der Waals surface area (Å²) in [6.45, 7) is 2.94. The van der Waals surface area contributed by atoms with Crippen molar-refractivity contribution in [2.24, 2.45) is 17.3 Å². The van der Waals surface area contributed by atoms with E-state index in [0.717, 1.165) is 11.9 Å². The van der Waals surface area contributed by atoms with Crippen LogP contribution in [0.5, 0.6) is 0 Å². The van der Waals surface area contributed by atoms with E-state index >= 15 is 0 Å². The Labute approximate surface area is 107 Å². The summed E-state index contributed by atoms with van der Waals surface area (Å²) in [5.41, 5.74) is 0.346. The SMILES string of the molecule is CC(C(=O)NCC1(CBr)CCCC1)C1CC1. The third-order valence-corrected chi connectivity index (χ3v) is 5.52. The molecule has 16 heavy (non-hydrogen) atoms. The fraction of sp³-hybridized carbons (Fsp3) is 0.923. The van der Waals surface area contributed by atoms with Crippen LogP contribution in [0.1, 0.15) is 45.4 Å². The largest absolute Gasteiger partial charge is 0.355 e. The highest BCUT2D eigenvalue weighted by Crippen LogP contribution is 2.40. The zero-order valence-corrected chi connectivity index (χ0v) is 11.7. The van der Waals surface area contributed by atoms with Gasteiger partial charge in [0.05, 0.1) is 0 Å². The smallest absolute Gasteiger partial charge is 0.223 e. The van der Waals surface area contributed by atoms with Gasteiger partial charge in [-0.05, 0) is 37.0 Å². The summed E-state index contributed by atoms with van der Waals surface area (Å²) in [6, 6.07) is 0. The molecule has 92 valence electrons. The van der Waals surface area contributed by atoms with Crippen molar-refractivity contribution in [1.29, 1.82) is 0 Å². The topological polar surface area (TPSA) is 29.1 Å². The van der Waals surface area contributed by atoms with E-state index in [1.807, 2.05) is 0 Å². The Morgan fingerprint density at radius 2 is 2.06 bits per heavy atom. The number of carbonyl (C=O) groups is 1.